The normalized spacial score (nSPS) is 16.4. The molecule has 2 aromatic rings. The van der Waals surface area contributed by atoms with Crippen molar-refractivity contribution < 1.29 is 24.1 Å². The standard InChI is InChI=1S/C18H18O5/c1-21-14-7-6-11(9-13(14)19)8-12-10-23-16-5-3-4-15(22-2)17(16)18(12)20/h3-7,9,12,19H,8,10H2,1-2H3. The molecule has 0 fully saturated rings. The van der Waals surface area contributed by atoms with E-state index < -0.39 is 0 Å². The van der Waals surface area contributed by atoms with Gasteiger partial charge in [-0.3, -0.25) is 4.79 Å². The van der Waals surface area contributed by atoms with Crippen LogP contribution in [0, 0.1) is 5.92 Å². The van der Waals surface area contributed by atoms with Crippen molar-refractivity contribution >= 4 is 5.78 Å². The van der Waals surface area contributed by atoms with Crippen LogP contribution >= 0.6 is 0 Å². The predicted octanol–water partition coefficient (Wildman–Crippen LogP) is 2.84. The van der Waals surface area contributed by atoms with Crippen molar-refractivity contribution in [3.8, 4) is 23.0 Å². The number of carbonyl (C=O) groups is 1. The van der Waals surface area contributed by atoms with Gasteiger partial charge in [0.05, 0.1) is 26.7 Å². The summed E-state index contributed by atoms with van der Waals surface area (Å²) in [6.07, 6.45) is 0.480. The lowest BCUT2D eigenvalue weighted by Crippen LogP contribution is -2.29. The number of ether oxygens (including phenoxy) is 3. The number of rotatable bonds is 4. The fourth-order valence-corrected chi connectivity index (χ4v) is 2.81. The van der Waals surface area contributed by atoms with Crippen LogP contribution in [0.2, 0.25) is 0 Å². The maximum atomic E-state index is 12.8. The first-order valence-electron chi connectivity index (χ1n) is 7.34. The lowest BCUT2D eigenvalue weighted by Gasteiger charge is -2.25. The maximum Gasteiger partial charge on any atom is 0.177 e. The van der Waals surface area contributed by atoms with Gasteiger partial charge in [-0.15, -0.1) is 0 Å². The molecule has 1 heterocycles. The first kappa shape index (κ1) is 15.2. The van der Waals surface area contributed by atoms with Crippen LogP contribution in [0.1, 0.15) is 15.9 Å². The number of Topliss-reactive ketones (excluding diaryl/α,β-unsaturated/α-hetero) is 1. The Bertz CT molecular complexity index is 724. The average molecular weight is 314 g/mol. The van der Waals surface area contributed by atoms with E-state index in [1.807, 2.05) is 6.07 Å². The number of hydrogen-bond acceptors (Lipinski definition) is 5. The first-order chi connectivity index (χ1) is 11.1. The van der Waals surface area contributed by atoms with Crippen molar-refractivity contribution in [2.45, 2.75) is 6.42 Å². The minimum absolute atomic E-state index is 0.000919. The largest absolute Gasteiger partial charge is 0.504 e. The zero-order chi connectivity index (χ0) is 16.4. The Morgan fingerprint density at radius 3 is 2.65 bits per heavy atom. The molecule has 0 spiro atoms. The fourth-order valence-electron chi connectivity index (χ4n) is 2.81. The van der Waals surface area contributed by atoms with Gasteiger partial charge in [0.15, 0.2) is 17.3 Å². The minimum Gasteiger partial charge on any atom is -0.504 e. The van der Waals surface area contributed by atoms with Gasteiger partial charge in [-0.05, 0) is 36.2 Å². The molecule has 1 atom stereocenters. The van der Waals surface area contributed by atoms with Crippen LogP contribution in [0.25, 0.3) is 0 Å². The van der Waals surface area contributed by atoms with E-state index in [4.69, 9.17) is 14.2 Å². The summed E-state index contributed by atoms with van der Waals surface area (Å²) in [6, 6.07) is 10.5. The molecule has 5 heteroatoms. The summed E-state index contributed by atoms with van der Waals surface area (Å²) >= 11 is 0. The van der Waals surface area contributed by atoms with Gasteiger partial charge in [-0.25, -0.2) is 0 Å². The number of hydrogen-bond donors (Lipinski definition) is 1. The zero-order valence-corrected chi connectivity index (χ0v) is 13.0. The minimum atomic E-state index is -0.313. The van der Waals surface area contributed by atoms with Crippen molar-refractivity contribution in [1.82, 2.24) is 0 Å². The van der Waals surface area contributed by atoms with E-state index in [-0.39, 0.29) is 17.5 Å². The molecular formula is C18H18O5. The molecule has 0 aromatic heterocycles. The topological polar surface area (TPSA) is 65.0 Å². The molecular weight excluding hydrogens is 296 g/mol. The summed E-state index contributed by atoms with van der Waals surface area (Å²) < 4.78 is 16.0. The Kier molecular flexibility index (Phi) is 4.10. The second-order valence-electron chi connectivity index (χ2n) is 5.42. The fraction of sp³-hybridized carbons (Fsp3) is 0.278. The van der Waals surface area contributed by atoms with E-state index >= 15 is 0 Å². The number of ketones is 1. The number of methoxy groups -OCH3 is 2. The molecule has 0 radical (unpaired) electrons. The quantitative estimate of drug-likeness (QED) is 0.940. The van der Waals surface area contributed by atoms with E-state index in [0.717, 1.165) is 5.56 Å². The third kappa shape index (κ3) is 2.82. The molecule has 0 aliphatic carbocycles. The number of phenolic OH excluding ortho intramolecular Hbond substituents is 1. The smallest absolute Gasteiger partial charge is 0.177 e. The summed E-state index contributed by atoms with van der Waals surface area (Å²) in [5.74, 6) is 1.24. The number of aromatic hydroxyl groups is 1. The van der Waals surface area contributed by atoms with Gasteiger partial charge >= 0.3 is 0 Å². The van der Waals surface area contributed by atoms with Crippen molar-refractivity contribution in [1.29, 1.82) is 0 Å². The van der Waals surface area contributed by atoms with Gasteiger partial charge in [0.2, 0.25) is 0 Å². The van der Waals surface area contributed by atoms with Crippen LogP contribution in [-0.2, 0) is 6.42 Å². The Labute approximate surface area is 134 Å². The van der Waals surface area contributed by atoms with E-state index in [0.29, 0.717) is 35.8 Å². The van der Waals surface area contributed by atoms with E-state index in [1.54, 1.807) is 30.3 Å². The molecule has 1 N–H and O–H groups in total. The van der Waals surface area contributed by atoms with Crippen LogP contribution in [0.3, 0.4) is 0 Å². The molecule has 23 heavy (non-hydrogen) atoms. The highest BCUT2D eigenvalue weighted by Crippen LogP contribution is 2.36. The Morgan fingerprint density at radius 2 is 1.96 bits per heavy atom. The van der Waals surface area contributed by atoms with Gasteiger partial charge < -0.3 is 19.3 Å². The van der Waals surface area contributed by atoms with Crippen LogP contribution in [-0.4, -0.2) is 31.7 Å². The van der Waals surface area contributed by atoms with Gasteiger partial charge in [0.1, 0.15) is 17.1 Å². The summed E-state index contributed by atoms with van der Waals surface area (Å²) in [4.78, 5) is 12.8. The molecule has 2 aromatic carbocycles. The van der Waals surface area contributed by atoms with Crippen molar-refractivity contribution in [3.05, 3.63) is 47.5 Å². The first-order valence-corrected chi connectivity index (χ1v) is 7.34. The van der Waals surface area contributed by atoms with Crippen molar-refractivity contribution in [2.75, 3.05) is 20.8 Å². The number of fused-ring (bicyclic) bond motifs is 1. The van der Waals surface area contributed by atoms with Gasteiger partial charge in [-0.1, -0.05) is 12.1 Å². The second-order valence-corrected chi connectivity index (χ2v) is 5.42. The van der Waals surface area contributed by atoms with Crippen LogP contribution < -0.4 is 14.2 Å². The number of benzene rings is 2. The van der Waals surface area contributed by atoms with E-state index in [2.05, 4.69) is 0 Å². The van der Waals surface area contributed by atoms with Gasteiger partial charge in [-0.2, -0.15) is 0 Å². The molecule has 0 amide bonds. The highest BCUT2D eigenvalue weighted by Gasteiger charge is 2.31. The monoisotopic (exact) mass is 314 g/mol. The molecule has 1 unspecified atom stereocenters. The van der Waals surface area contributed by atoms with Crippen molar-refractivity contribution in [3.63, 3.8) is 0 Å². The predicted molar refractivity (Wildman–Crippen MR) is 84.7 cm³/mol. The Hall–Kier alpha value is -2.69. The van der Waals surface area contributed by atoms with Crippen LogP contribution in [0.4, 0.5) is 0 Å². The molecule has 0 saturated carbocycles. The molecule has 0 bridgehead atoms. The summed E-state index contributed by atoms with van der Waals surface area (Å²) in [6.45, 7) is 0.311. The number of phenols is 1. The molecule has 0 saturated heterocycles. The Morgan fingerprint density at radius 1 is 1.17 bits per heavy atom. The number of carbonyl (C=O) groups excluding carboxylic acids is 1. The molecule has 120 valence electrons. The maximum absolute atomic E-state index is 12.8. The van der Waals surface area contributed by atoms with Crippen LogP contribution in [0.15, 0.2) is 36.4 Å². The lowest BCUT2D eigenvalue weighted by molar-refractivity contribution is 0.0825. The second kappa shape index (κ2) is 6.20. The summed E-state index contributed by atoms with van der Waals surface area (Å²) in [5, 5.41) is 9.87. The molecule has 1 aliphatic rings. The van der Waals surface area contributed by atoms with Gasteiger partial charge in [0, 0.05) is 0 Å². The lowest BCUT2D eigenvalue weighted by atomic mass is 9.89. The highest BCUT2D eigenvalue weighted by molar-refractivity contribution is 6.03. The van der Waals surface area contributed by atoms with Gasteiger partial charge in [0.25, 0.3) is 0 Å². The third-order valence-electron chi connectivity index (χ3n) is 3.99. The zero-order valence-electron chi connectivity index (χ0n) is 13.0. The highest BCUT2D eigenvalue weighted by atomic mass is 16.5. The van der Waals surface area contributed by atoms with Crippen LogP contribution in [0.5, 0.6) is 23.0 Å². The third-order valence-corrected chi connectivity index (χ3v) is 3.99. The van der Waals surface area contributed by atoms with E-state index in [9.17, 15) is 9.90 Å². The summed E-state index contributed by atoms with van der Waals surface area (Å²) in [7, 11) is 3.03. The van der Waals surface area contributed by atoms with E-state index in [1.165, 1.54) is 14.2 Å². The molecule has 3 rings (SSSR count). The Balaban J connectivity index is 1.85. The average Bonchev–Trinajstić information content (AvgIpc) is 2.57. The molecule has 1 aliphatic heterocycles. The SMILES string of the molecule is COc1ccc(CC2COc3cccc(OC)c3C2=O)cc1O. The molecule has 5 nitrogen and oxygen atoms in total. The van der Waals surface area contributed by atoms with Crippen molar-refractivity contribution in [2.24, 2.45) is 5.92 Å². The summed E-state index contributed by atoms with van der Waals surface area (Å²) in [5.41, 5.74) is 1.34.